The molecule has 0 spiro atoms. The van der Waals surface area contributed by atoms with Crippen LogP contribution in [0.15, 0.2) is 29.3 Å². The summed E-state index contributed by atoms with van der Waals surface area (Å²) in [5.74, 6) is -2.32. The van der Waals surface area contributed by atoms with Crippen LogP contribution >= 0.6 is 0 Å². The number of amides is 3. The summed E-state index contributed by atoms with van der Waals surface area (Å²) in [6.07, 6.45) is 0.568. The molecule has 0 saturated heterocycles. The summed E-state index contributed by atoms with van der Waals surface area (Å²) in [4.78, 5) is 39.6. The van der Waals surface area contributed by atoms with Crippen molar-refractivity contribution in [2.24, 2.45) is 16.5 Å². The molecule has 0 unspecified atom stereocenters. The minimum atomic E-state index is -1.28. The number of benzene rings is 1. The highest BCUT2D eigenvalue weighted by Gasteiger charge is 2.28. The first-order valence-corrected chi connectivity index (χ1v) is 7.83. The van der Waals surface area contributed by atoms with Crippen molar-refractivity contribution in [2.75, 3.05) is 6.54 Å². The van der Waals surface area contributed by atoms with E-state index in [1.807, 2.05) is 0 Å². The van der Waals surface area contributed by atoms with E-state index in [-0.39, 0.29) is 18.6 Å². The summed E-state index contributed by atoms with van der Waals surface area (Å²) in [6, 6.07) is 5.42. The largest absolute Gasteiger partial charge is 0.368 e. The molecule has 1 aromatic carbocycles. The lowest BCUT2D eigenvalue weighted by Crippen LogP contribution is -2.54. The molecule has 25 heavy (non-hydrogen) atoms. The van der Waals surface area contributed by atoms with Gasteiger partial charge in [-0.1, -0.05) is 12.1 Å². The molecule has 0 aliphatic rings. The van der Waals surface area contributed by atoms with Crippen molar-refractivity contribution < 1.29 is 18.8 Å². The second-order valence-electron chi connectivity index (χ2n) is 6.09. The van der Waals surface area contributed by atoms with E-state index in [1.165, 1.54) is 38.1 Å². The molecule has 5 N–H and O–H groups in total. The van der Waals surface area contributed by atoms with Crippen LogP contribution in [-0.4, -0.2) is 35.5 Å². The van der Waals surface area contributed by atoms with Crippen molar-refractivity contribution in [3.05, 3.63) is 35.6 Å². The second-order valence-corrected chi connectivity index (χ2v) is 6.09. The summed E-state index contributed by atoms with van der Waals surface area (Å²) in [5.41, 5.74) is 9.94. The molecule has 0 atom stereocenters. The number of carbonyl (C=O) groups is 3. The van der Waals surface area contributed by atoms with Gasteiger partial charge in [-0.05, 0) is 50.9 Å². The molecule has 0 aromatic heterocycles. The maximum atomic E-state index is 12.9. The molecule has 1 aromatic rings. The molecule has 0 heterocycles. The maximum Gasteiger partial charge on any atom is 0.266 e. The van der Waals surface area contributed by atoms with Crippen LogP contribution in [-0.2, 0) is 20.8 Å². The van der Waals surface area contributed by atoms with Gasteiger partial charge in [0.15, 0.2) is 0 Å². The normalized spacial score (nSPS) is 11.9. The fraction of sp³-hybridized carbons (Fsp3) is 0.412. The minimum absolute atomic E-state index is 0.0214. The van der Waals surface area contributed by atoms with Crippen LogP contribution < -0.4 is 16.8 Å². The van der Waals surface area contributed by atoms with Crippen LogP contribution in [0.1, 0.15) is 32.3 Å². The molecule has 3 amide bonds. The highest BCUT2D eigenvalue weighted by atomic mass is 19.1. The Labute approximate surface area is 145 Å². The third kappa shape index (κ3) is 6.80. The van der Waals surface area contributed by atoms with Gasteiger partial charge in [0.2, 0.25) is 5.91 Å². The predicted octanol–water partition coefficient (Wildman–Crippen LogP) is 0.455. The monoisotopic (exact) mass is 350 g/mol. The Morgan fingerprint density at radius 3 is 2.32 bits per heavy atom. The summed E-state index contributed by atoms with van der Waals surface area (Å²) in [5, 5.41) is 2.45. The third-order valence-corrected chi connectivity index (χ3v) is 3.45. The number of halogens is 1. The van der Waals surface area contributed by atoms with Gasteiger partial charge in [0.05, 0.1) is 6.42 Å². The highest BCUT2D eigenvalue weighted by molar-refractivity contribution is 6.40. The average Bonchev–Trinajstić information content (AvgIpc) is 2.53. The van der Waals surface area contributed by atoms with E-state index in [2.05, 4.69) is 10.3 Å². The van der Waals surface area contributed by atoms with E-state index >= 15 is 0 Å². The molecule has 136 valence electrons. The van der Waals surface area contributed by atoms with Gasteiger partial charge in [-0.25, -0.2) is 9.38 Å². The van der Waals surface area contributed by atoms with Crippen molar-refractivity contribution in [3.63, 3.8) is 0 Å². The number of rotatable bonds is 8. The molecular weight excluding hydrogens is 327 g/mol. The van der Waals surface area contributed by atoms with E-state index in [0.29, 0.717) is 18.5 Å². The highest BCUT2D eigenvalue weighted by Crippen LogP contribution is 2.06. The molecular formula is C17H23FN4O3. The second kappa shape index (κ2) is 9.03. The van der Waals surface area contributed by atoms with E-state index in [9.17, 15) is 18.8 Å². The van der Waals surface area contributed by atoms with Gasteiger partial charge < -0.3 is 16.8 Å². The lowest BCUT2D eigenvalue weighted by Gasteiger charge is -2.22. The quantitative estimate of drug-likeness (QED) is 0.588. The van der Waals surface area contributed by atoms with E-state index in [0.717, 1.165) is 0 Å². The Morgan fingerprint density at radius 1 is 1.20 bits per heavy atom. The molecule has 0 aliphatic carbocycles. The summed E-state index contributed by atoms with van der Waals surface area (Å²) >= 11 is 0. The van der Waals surface area contributed by atoms with E-state index in [1.54, 1.807) is 0 Å². The van der Waals surface area contributed by atoms with Crippen LogP contribution in [0.25, 0.3) is 0 Å². The van der Waals surface area contributed by atoms with Gasteiger partial charge in [-0.2, -0.15) is 0 Å². The zero-order valence-electron chi connectivity index (χ0n) is 14.3. The van der Waals surface area contributed by atoms with Gasteiger partial charge in [-0.15, -0.1) is 0 Å². The van der Waals surface area contributed by atoms with Crippen molar-refractivity contribution in [1.82, 2.24) is 5.32 Å². The number of hydrogen-bond acceptors (Lipinski definition) is 4. The smallest absolute Gasteiger partial charge is 0.266 e. The van der Waals surface area contributed by atoms with Crippen LogP contribution in [0.3, 0.4) is 0 Å². The van der Waals surface area contributed by atoms with Crippen LogP contribution in [0.4, 0.5) is 4.39 Å². The standard InChI is InChI=1S/C17H23FN4O3/c1-17(2,16(20)25)22-15(24)13(4-3-9-19)21-14(23)10-11-5-7-12(18)8-6-11/h5-8H,3-4,9-10,19H2,1-2H3,(H2,20,25)(H,22,24). The van der Waals surface area contributed by atoms with Crippen LogP contribution in [0.2, 0.25) is 0 Å². The molecule has 8 heteroatoms. The maximum absolute atomic E-state index is 12.9. The van der Waals surface area contributed by atoms with E-state index in [4.69, 9.17) is 11.5 Å². The first-order valence-electron chi connectivity index (χ1n) is 7.83. The van der Waals surface area contributed by atoms with Crippen LogP contribution in [0.5, 0.6) is 0 Å². The van der Waals surface area contributed by atoms with Gasteiger partial charge in [0.1, 0.15) is 17.1 Å². The average molecular weight is 350 g/mol. The van der Waals surface area contributed by atoms with E-state index < -0.39 is 29.1 Å². The summed E-state index contributed by atoms with van der Waals surface area (Å²) in [6.45, 7) is 3.22. The number of nitrogens with two attached hydrogens (primary N) is 2. The number of hydrogen-bond donors (Lipinski definition) is 3. The number of aliphatic imine (C=N–C) groups is 1. The topological polar surface area (TPSA) is 128 Å². The minimum Gasteiger partial charge on any atom is -0.368 e. The Bertz CT molecular complexity index is 669. The van der Waals surface area contributed by atoms with Gasteiger partial charge in [0.25, 0.3) is 11.8 Å². The molecule has 7 nitrogen and oxygen atoms in total. The van der Waals surface area contributed by atoms with Gasteiger partial charge >= 0.3 is 0 Å². The SMILES string of the molecule is CC(C)(NC(=O)C(CCCN)=NC(=O)Cc1ccc(F)cc1)C(N)=O. The lowest BCUT2D eigenvalue weighted by atomic mass is 10.0. The molecule has 0 aliphatic heterocycles. The van der Waals surface area contributed by atoms with Gasteiger partial charge in [0, 0.05) is 0 Å². The first kappa shape index (κ1) is 20.4. The zero-order chi connectivity index (χ0) is 19.0. The fourth-order valence-electron chi connectivity index (χ4n) is 1.87. The van der Waals surface area contributed by atoms with Crippen molar-refractivity contribution in [3.8, 4) is 0 Å². The van der Waals surface area contributed by atoms with Crippen molar-refractivity contribution >= 4 is 23.4 Å². The number of nitrogens with one attached hydrogen (secondary N) is 1. The zero-order valence-corrected chi connectivity index (χ0v) is 14.3. The Morgan fingerprint density at radius 2 is 1.80 bits per heavy atom. The van der Waals surface area contributed by atoms with Crippen LogP contribution in [0, 0.1) is 5.82 Å². The Kier molecular flexibility index (Phi) is 7.38. The first-order chi connectivity index (χ1) is 11.7. The Balaban J connectivity index is 2.90. The lowest BCUT2D eigenvalue weighted by molar-refractivity contribution is -0.127. The summed E-state index contributed by atoms with van der Waals surface area (Å²) in [7, 11) is 0. The van der Waals surface area contributed by atoms with Crippen molar-refractivity contribution in [1.29, 1.82) is 0 Å². The summed E-state index contributed by atoms with van der Waals surface area (Å²) < 4.78 is 12.9. The fourth-order valence-corrected chi connectivity index (χ4v) is 1.87. The number of carbonyl (C=O) groups excluding carboxylic acids is 3. The molecule has 1 rings (SSSR count). The third-order valence-electron chi connectivity index (χ3n) is 3.45. The number of primary amides is 1. The van der Waals surface area contributed by atoms with Crippen molar-refractivity contribution in [2.45, 2.75) is 38.6 Å². The number of nitrogens with zero attached hydrogens (tertiary/aromatic N) is 1. The molecule has 0 fully saturated rings. The Hall–Kier alpha value is -2.61. The van der Waals surface area contributed by atoms with Gasteiger partial charge in [-0.3, -0.25) is 14.4 Å². The predicted molar refractivity (Wildman–Crippen MR) is 92.3 cm³/mol. The molecule has 0 bridgehead atoms. The molecule has 0 saturated carbocycles. The molecule has 0 radical (unpaired) electrons.